The highest BCUT2D eigenvalue weighted by Gasteiger charge is 2.14. The number of carbonyl (C=O) groups excluding carboxylic acids is 1. The molecule has 0 aromatic carbocycles. The standard InChI is InChI=1S/C19H26N4O2/c24-19(22-15-17-9-7-13-25-17)21-14-16-8-6-10-20-18(16)23-11-4-2-1-3-5-12-23/h6-10,13H,1-5,11-12,14-15H2,(H2,21,22,24). The summed E-state index contributed by atoms with van der Waals surface area (Å²) < 4.78 is 5.21. The zero-order valence-electron chi connectivity index (χ0n) is 14.5. The number of pyridine rings is 1. The minimum atomic E-state index is -0.209. The summed E-state index contributed by atoms with van der Waals surface area (Å²) in [7, 11) is 0. The van der Waals surface area contributed by atoms with Crippen LogP contribution in [0, 0.1) is 0 Å². The summed E-state index contributed by atoms with van der Waals surface area (Å²) in [6, 6.07) is 7.39. The van der Waals surface area contributed by atoms with Gasteiger partial charge in [-0.3, -0.25) is 0 Å². The van der Waals surface area contributed by atoms with Crippen LogP contribution in [-0.4, -0.2) is 24.1 Å². The largest absolute Gasteiger partial charge is 0.467 e. The number of hydrogen-bond acceptors (Lipinski definition) is 4. The van der Waals surface area contributed by atoms with Crippen molar-refractivity contribution in [3.63, 3.8) is 0 Å². The third-order valence-electron chi connectivity index (χ3n) is 4.47. The topological polar surface area (TPSA) is 70.4 Å². The molecule has 0 bridgehead atoms. The van der Waals surface area contributed by atoms with Crippen LogP contribution in [0.15, 0.2) is 41.1 Å². The highest BCUT2D eigenvalue weighted by atomic mass is 16.3. The molecule has 3 heterocycles. The van der Waals surface area contributed by atoms with Gasteiger partial charge in [0.25, 0.3) is 0 Å². The van der Waals surface area contributed by atoms with Gasteiger partial charge in [0.15, 0.2) is 0 Å². The molecule has 2 aromatic heterocycles. The van der Waals surface area contributed by atoms with Crippen LogP contribution in [0.4, 0.5) is 10.6 Å². The molecule has 2 aromatic rings. The number of nitrogens with one attached hydrogen (secondary N) is 2. The van der Waals surface area contributed by atoms with E-state index in [9.17, 15) is 4.79 Å². The van der Waals surface area contributed by atoms with Crippen LogP contribution in [0.1, 0.15) is 43.4 Å². The van der Waals surface area contributed by atoms with Gasteiger partial charge in [-0.05, 0) is 31.0 Å². The van der Waals surface area contributed by atoms with E-state index in [0.29, 0.717) is 13.1 Å². The number of furan rings is 1. The maximum atomic E-state index is 12.0. The molecule has 2 N–H and O–H groups in total. The molecule has 0 unspecified atom stereocenters. The molecule has 0 aliphatic carbocycles. The fourth-order valence-electron chi connectivity index (χ4n) is 3.13. The fourth-order valence-corrected chi connectivity index (χ4v) is 3.13. The van der Waals surface area contributed by atoms with E-state index in [4.69, 9.17) is 4.42 Å². The number of hydrogen-bond donors (Lipinski definition) is 2. The minimum Gasteiger partial charge on any atom is -0.467 e. The first-order valence-electron chi connectivity index (χ1n) is 9.06. The molecule has 6 nitrogen and oxygen atoms in total. The average molecular weight is 342 g/mol. The van der Waals surface area contributed by atoms with Gasteiger partial charge in [-0.1, -0.05) is 25.3 Å². The van der Waals surface area contributed by atoms with Crippen LogP contribution in [0.25, 0.3) is 0 Å². The van der Waals surface area contributed by atoms with Crippen molar-refractivity contribution in [3.05, 3.63) is 48.0 Å². The van der Waals surface area contributed by atoms with Crippen molar-refractivity contribution in [2.45, 2.75) is 45.2 Å². The molecule has 1 fully saturated rings. The van der Waals surface area contributed by atoms with E-state index < -0.39 is 0 Å². The summed E-state index contributed by atoms with van der Waals surface area (Å²) in [4.78, 5) is 18.9. The lowest BCUT2D eigenvalue weighted by Crippen LogP contribution is -2.35. The quantitative estimate of drug-likeness (QED) is 0.873. The Morgan fingerprint density at radius 3 is 2.56 bits per heavy atom. The van der Waals surface area contributed by atoms with Crippen LogP contribution in [0.3, 0.4) is 0 Å². The number of aromatic nitrogens is 1. The lowest BCUT2D eigenvalue weighted by Gasteiger charge is -2.27. The van der Waals surface area contributed by atoms with E-state index in [1.807, 2.05) is 24.4 Å². The average Bonchev–Trinajstić information content (AvgIpc) is 3.12. The number of anilines is 1. The lowest BCUT2D eigenvalue weighted by atomic mass is 10.1. The number of nitrogens with zero attached hydrogens (tertiary/aromatic N) is 2. The molecular weight excluding hydrogens is 316 g/mol. The second-order valence-electron chi connectivity index (χ2n) is 6.36. The Morgan fingerprint density at radius 2 is 1.80 bits per heavy atom. The first-order chi connectivity index (χ1) is 12.3. The molecule has 0 spiro atoms. The Kier molecular flexibility index (Phi) is 6.31. The Labute approximate surface area is 148 Å². The number of urea groups is 1. The Hall–Kier alpha value is -2.50. The summed E-state index contributed by atoms with van der Waals surface area (Å²) in [6.45, 7) is 2.91. The summed E-state index contributed by atoms with van der Waals surface area (Å²) in [5.74, 6) is 1.73. The van der Waals surface area contributed by atoms with Crippen molar-refractivity contribution < 1.29 is 9.21 Å². The molecule has 3 rings (SSSR count). The van der Waals surface area contributed by atoms with Crippen LogP contribution in [-0.2, 0) is 13.1 Å². The highest BCUT2D eigenvalue weighted by molar-refractivity contribution is 5.74. The van der Waals surface area contributed by atoms with E-state index in [2.05, 4.69) is 20.5 Å². The zero-order valence-corrected chi connectivity index (χ0v) is 14.5. The van der Waals surface area contributed by atoms with Gasteiger partial charge in [0.2, 0.25) is 0 Å². The summed E-state index contributed by atoms with van der Waals surface area (Å²) >= 11 is 0. The van der Waals surface area contributed by atoms with Crippen molar-refractivity contribution in [2.24, 2.45) is 0 Å². The van der Waals surface area contributed by atoms with Gasteiger partial charge in [-0.25, -0.2) is 9.78 Å². The molecule has 0 radical (unpaired) electrons. The molecule has 0 atom stereocenters. The Morgan fingerprint density at radius 1 is 1.04 bits per heavy atom. The molecule has 25 heavy (non-hydrogen) atoms. The van der Waals surface area contributed by atoms with Crippen LogP contribution >= 0.6 is 0 Å². The van der Waals surface area contributed by atoms with Gasteiger partial charge in [0.05, 0.1) is 12.8 Å². The zero-order chi connectivity index (χ0) is 17.3. The SMILES string of the molecule is O=C(NCc1ccco1)NCc1cccnc1N1CCCCCCC1. The van der Waals surface area contributed by atoms with Crippen molar-refractivity contribution in [3.8, 4) is 0 Å². The summed E-state index contributed by atoms with van der Waals surface area (Å²) in [5, 5.41) is 5.71. The monoisotopic (exact) mass is 342 g/mol. The Bertz CT molecular complexity index is 649. The van der Waals surface area contributed by atoms with Crippen LogP contribution < -0.4 is 15.5 Å². The molecule has 134 valence electrons. The number of rotatable bonds is 5. The van der Waals surface area contributed by atoms with Crippen molar-refractivity contribution in [1.29, 1.82) is 0 Å². The molecule has 1 saturated heterocycles. The fraction of sp³-hybridized carbons (Fsp3) is 0.474. The van der Waals surface area contributed by atoms with Crippen molar-refractivity contribution in [2.75, 3.05) is 18.0 Å². The third-order valence-corrected chi connectivity index (χ3v) is 4.47. The van der Waals surface area contributed by atoms with E-state index in [-0.39, 0.29) is 6.03 Å². The van der Waals surface area contributed by atoms with Crippen molar-refractivity contribution >= 4 is 11.8 Å². The third kappa shape index (κ3) is 5.24. The second-order valence-corrected chi connectivity index (χ2v) is 6.36. The normalized spacial score (nSPS) is 15.3. The van der Waals surface area contributed by atoms with Gasteiger partial charge in [-0.2, -0.15) is 0 Å². The maximum absolute atomic E-state index is 12.0. The predicted molar refractivity (Wildman–Crippen MR) is 97.3 cm³/mol. The van der Waals surface area contributed by atoms with E-state index in [1.165, 1.54) is 32.1 Å². The Balaban J connectivity index is 1.55. The number of carbonyl (C=O) groups is 1. The molecule has 2 amide bonds. The van der Waals surface area contributed by atoms with Gasteiger partial charge < -0.3 is 20.0 Å². The summed E-state index contributed by atoms with van der Waals surface area (Å²) in [6.07, 6.45) is 9.73. The molecule has 0 saturated carbocycles. The molecule has 1 aliphatic rings. The number of amides is 2. The summed E-state index contributed by atoms with van der Waals surface area (Å²) in [5.41, 5.74) is 1.05. The van der Waals surface area contributed by atoms with Gasteiger partial charge in [-0.15, -0.1) is 0 Å². The smallest absolute Gasteiger partial charge is 0.315 e. The molecular formula is C19H26N4O2. The van der Waals surface area contributed by atoms with E-state index >= 15 is 0 Å². The van der Waals surface area contributed by atoms with E-state index in [1.54, 1.807) is 12.3 Å². The minimum absolute atomic E-state index is 0.209. The van der Waals surface area contributed by atoms with Crippen LogP contribution in [0.5, 0.6) is 0 Å². The van der Waals surface area contributed by atoms with E-state index in [0.717, 1.165) is 30.2 Å². The lowest BCUT2D eigenvalue weighted by molar-refractivity contribution is 0.239. The van der Waals surface area contributed by atoms with Gasteiger partial charge in [0.1, 0.15) is 11.6 Å². The first-order valence-corrected chi connectivity index (χ1v) is 9.06. The highest BCUT2D eigenvalue weighted by Crippen LogP contribution is 2.21. The molecule has 6 heteroatoms. The first kappa shape index (κ1) is 17.3. The van der Waals surface area contributed by atoms with Gasteiger partial charge >= 0.3 is 6.03 Å². The maximum Gasteiger partial charge on any atom is 0.315 e. The van der Waals surface area contributed by atoms with Gasteiger partial charge in [0, 0.05) is 31.4 Å². The predicted octanol–water partition coefficient (Wildman–Crippen LogP) is 3.44. The van der Waals surface area contributed by atoms with Crippen LogP contribution in [0.2, 0.25) is 0 Å². The molecule has 1 aliphatic heterocycles. The van der Waals surface area contributed by atoms with Crippen molar-refractivity contribution in [1.82, 2.24) is 15.6 Å². The second kappa shape index (κ2) is 9.11.